The summed E-state index contributed by atoms with van der Waals surface area (Å²) in [6, 6.07) is 1.96. The predicted molar refractivity (Wildman–Crippen MR) is 122 cm³/mol. The second-order valence-electron chi connectivity index (χ2n) is 6.40. The van der Waals surface area contributed by atoms with Crippen LogP contribution in [0.1, 0.15) is 55.8 Å². The normalized spacial score (nSPS) is 12.8. The number of aliphatic imine (C=N–C) groups is 1. The number of pyridine rings is 1. The molecule has 2 heterocycles. The number of amidine groups is 1. The number of anilines is 1. The third-order valence-corrected chi connectivity index (χ3v) is 5.54. The maximum Gasteiger partial charge on any atom is 0.160 e. The number of nitrogens with zero attached hydrogens (tertiary/aromatic N) is 3. The molecule has 0 unspecified atom stereocenters. The van der Waals surface area contributed by atoms with Crippen molar-refractivity contribution in [1.82, 2.24) is 9.88 Å². The number of hydrogen-bond donors (Lipinski definition) is 1. The van der Waals surface area contributed by atoms with Crippen LogP contribution in [0.15, 0.2) is 41.2 Å². The van der Waals surface area contributed by atoms with Crippen LogP contribution in [-0.2, 0) is 6.54 Å². The van der Waals surface area contributed by atoms with Crippen LogP contribution >= 0.6 is 11.3 Å². The minimum Gasteiger partial charge on any atom is -0.385 e. The van der Waals surface area contributed by atoms with Gasteiger partial charge >= 0.3 is 0 Å². The SMILES string of the molecule is CC/C=C\C(=C/CC)N(C)C(C)=NCc1c(C=O)sc2nccc(NCC)c12. The van der Waals surface area contributed by atoms with Crippen molar-refractivity contribution in [3.05, 3.63) is 46.6 Å². The van der Waals surface area contributed by atoms with E-state index in [2.05, 4.69) is 54.2 Å². The fourth-order valence-corrected chi connectivity index (χ4v) is 3.94. The standard InChI is InChI=1S/C22H30N4OS/c1-6-9-11-17(10-7-2)26(5)16(4)25-14-18-20(15-27)28-22-21(18)19(23-8-3)12-13-24-22/h9-13,15H,6-8,14H2,1-5H3,(H,23,24)/b11-9-,17-10+,25-16?. The van der Waals surface area contributed by atoms with Crippen LogP contribution in [0.25, 0.3) is 10.2 Å². The number of aldehydes is 1. The van der Waals surface area contributed by atoms with Crippen molar-refractivity contribution in [2.24, 2.45) is 4.99 Å². The van der Waals surface area contributed by atoms with E-state index in [0.29, 0.717) is 11.4 Å². The lowest BCUT2D eigenvalue weighted by atomic mass is 10.1. The maximum atomic E-state index is 11.6. The van der Waals surface area contributed by atoms with Gasteiger partial charge < -0.3 is 10.2 Å². The van der Waals surface area contributed by atoms with Crippen molar-refractivity contribution in [2.45, 2.75) is 47.1 Å². The molecule has 28 heavy (non-hydrogen) atoms. The quantitative estimate of drug-likeness (QED) is 0.257. The molecule has 6 heteroatoms. The minimum absolute atomic E-state index is 0.450. The first-order chi connectivity index (χ1) is 13.6. The van der Waals surface area contributed by atoms with E-state index in [4.69, 9.17) is 4.99 Å². The summed E-state index contributed by atoms with van der Waals surface area (Å²) in [7, 11) is 2.03. The Labute approximate surface area is 171 Å². The Bertz CT molecular complexity index is 895. The van der Waals surface area contributed by atoms with Gasteiger partial charge in [-0.05, 0) is 38.8 Å². The summed E-state index contributed by atoms with van der Waals surface area (Å²) in [4.78, 5) is 24.5. The summed E-state index contributed by atoms with van der Waals surface area (Å²) in [5.74, 6) is 0.908. The Morgan fingerprint density at radius 2 is 2.11 bits per heavy atom. The topological polar surface area (TPSA) is 57.6 Å². The van der Waals surface area contributed by atoms with E-state index >= 15 is 0 Å². The van der Waals surface area contributed by atoms with Crippen LogP contribution in [0.5, 0.6) is 0 Å². The number of likely N-dealkylation sites (N-methyl/N-ethyl adjacent to an activating group) is 1. The Hall–Kier alpha value is -2.47. The number of allylic oxidation sites excluding steroid dienone is 3. The second kappa shape index (κ2) is 10.8. The van der Waals surface area contributed by atoms with Crippen molar-refractivity contribution >= 4 is 39.4 Å². The van der Waals surface area contributed by atoms with Crippen molar-refractivity contribution in [1.29, 1.82) is 0 Å². The molecule has 0 aliphatic rings. The highest BCUT2D eigenvalue weighted by Crippen LogP contribution is 2.34. The molecule has 2 aromatic rings. The highest BCUT2D eigenvalue weighted by molar-refractivity contribution is 7.20. The molecule has 0 saturated carbocycles. The van der Waals surface area contributed by atoms with Gasteiger partial charge in [-0.15, -0.1) is 11.3 Å². The third kappa shape index (κ3) is 5.07. The number of rotatable bonds is 9. The molecule has 0 radical (unpaired) electrons. The lowest BCUT2D eigenvalue weighted by Crippen LogP contribution is -2.23. The molecule has 2 aromatic heterocycles. The number of aromatic nitrogens is 1. The average Bonchev–Trinajstić information content (AvgIpc) is 3.07. The zero-order valence-corrected chi connectivity index (χ0v) is 18.3. The van der Waals surface area contributed by atoms with Gasteiger partial charge in [0.15, 0.2) is 6.29 Å². The molecule has 0 atom stereocenters. The maximum absolute atomic E-state index is 11.6. The molecule has 0 aromatic carbocycles. The van der Waals surface area contributed by atoms with Gasteiger partial charge in [-0.2, -0.15) is 0 Å². The smallest absolute Gasteiger partial charge is 0.160 e. The van der Waals surface area contributed by atoms with Gasteiger partial charge in [0.2, 0.25) is 0 Å². The van der Waals surface area contributed by atoms with E-state index in [9.17, 15) is 4.79 Å². The fraction of sp³-hybridized carbons (Fsp3) is 0.409. The molecule has 150 valence electrons. The number of nitrogens with one attached hydrogen (secondary N) is 1. The summed E-state index contributed by atoms with van der Waals surface area (Å²) in [6.45, 7) is 9.57. The Balaban J connectivity index is 2.38. The number of carbonyl (C=O) groups excluding carboxylic acids is 1. The monoisotopic (exact) mass is 398 g/mol. The Morgan fingerprint density at radius 3 is 2.75 bits per heavy atom. The van der Waals surface area contributed by atoms with Gasteiger partial charge in [0, 0.05) is 42.1 Å². The molecule has 0 saturated heterocycles. The van der Waals surface area contributed by atoms with E-state index in [1.54, 1.807) is 6.20 Å². The van der Waals surface area contributed by atoms with Crippen molar-refractivity contribution < 1.29 is 4.79 Å². The largest absolute Gasteiger partial charge is 0.385 e. The molecule has 1 N–H and O–H groups in total. The van der Waals surface area contributed by atoms with Crippen molar-refractivity contribution in [3.8, 4) is 0 Å². The van der Waals surface area contributed by atoms with E-state index in [1.165, 1.54) is 11.3 Å². The van der Waals surface area contributed by atoms with E-state index in [0.717, 1.165) is 58.7 Å². The summed E-state index contributed by atoms with van der Waals surface area (Å²) >= 11 is 1.42. The molecule has 2 rings (SSSR count). The zero-order valence-electron chi connectivity index (χ0n) is 17.5. The fourth-order valence-electron chi connectivity index (χ4n) is 2.94. The summed E-state index contributed by atoms with van der Waals surface area (Å²) in [5.41, 5.74) is 3.08. The highest BCUT2D eigenvalue weighted by atomic mass is 32.1. The lowest BCUT2D eigenvalue weighted by Gasteiger charge is -2.20. The average molecular weight is 399 g/mol. The first kappa shape index (κ1) is 21.8. The van der Waals surface area contributed by atoms with E-state index in [1.807, 2.05) is 20.0 Å². The molecule has 0 aliphatic carbocycles. The van der Waals surface area contributed by atoms with Gasteiger partial charge in [-0.3, -0.25) is 9.79 Å². The molecule has 0 spiro atoms. The molecular formula is C22H30N4OS. The number of hydrogen-bond acceptors (Lipinski definition) is 5. The number of carbonyl (C=O) groups is 1. The number of thiophene rings is 1. The van der Waals surface area contributed by atoms with Crippen molar-refractivity contribution in [2.75, 3.05) is 18.9 Å². The lowest BCUT2D eigenvalue weighted by molar-refractivity contribution is 0.112. The van der Waals surface area contributed by atoms with Crippen LogP contribution in [0, 0.1) is 0 Å². The molecule has 5 nitrogen and oxygen atoms in total. The van der Waals surface area contributed by atoms with Gasteiger partial charge in [-0.25, -0.2) is 4.98 Å². The second-order valence-corrected chi connectivity index (χ2v) is 7.43. The summed E-state index contributed by atoms with van der Waals surface area (Å²) < 4.78 is 0. The third-order valence-electron chi connectivity index (χ3n) is 4.47. The van der Waals surface area contributed by atoms with Crippen LogP contribution in [0.2, 0.25) is 0 Å². The summed E-state index contributed by atoms with van der Waals surface area (Å²) in [5, 5.41) is 4.38. The number of fused-ring (bicyclic) bond motifs is 1. The van der Waals surface area contributed by atoms with Crippen LogP contribution in [0.4, 0.5) is 5.69 Å². The van der Waals surface area contributed by atoms with Crippen LogP contribution < -0.4 is 5.32 Å². The van der Waals surface area contributed by atoms with Crippen molar-refractivity contribution in [3.63, 3.8) is 0 Å². The Morgan fingerprint density at radius 1 is 1.32 bits per heavy atom. The Kier molecular flexibility index (Phi) is 8.39. The molecule has 0 bridgehead atoms. The molecule has 0 fully saturated rings. The van der Waals surface area contributed by atoms with Gasteiger partial charge in [0.1, 0.15) is 10.7 Å². The summed E-state index contributed by atoms with van der Waals surface area (Å²) in [6.07, 6.45) is 11.1. The van der Waals surface area contributed by atoms with Gasteiger partial charge in [0.05, 0.1) is 11.4 Å². The van der Waals surface area contributed by atoms with Crippen LogP contribution in [0.3, 0.4) is 0 Å². The molecule has 0 amide bonds. The van der Waals surface area contributed by atoms with Gasteiger partial charge in [0.25, 0.3) is 0 Å². The molecule has 0 aliphatic heterocycles. The first-order valence-corrected chi connectivity index (χ1v) is 10.6. The minimum atomic E-state index is 0.450. The highest BCUT2D eigenvalue weighted by Gasteiger charge is 2.16. The molecular weight excluding hydrogens is 368 g/mol. The predicted octanol–water partition coefficient (Wildman–Crippen LogP) is 5.65. The van der Waals surface area contributed by atoms with E-state index in [-0.39, 0.29) is 0 Å². The van der Waals surface area contributed by atoms with Crippen LogP contribution in [-0.4, -0.2) is 35.6 Å². The van der Waals surface area contributed by atoms with E-state index < -0.39 is 0 Å². The van der Waals surface area contributed by atoms with Gasteiger partial charge in [-0.1, -0.05) is 26.0 Å². The first-order valence-electron chi connectivity index (χ1n) is 9.78. The zero-order chi connectivity index (χ0) is 20.5.